The largest absolute Gasteiger partial charge is 0.409 e. The lowest BCUT2D eigenvalue weighted by Crippen LogP contribution is -2.35. The molecule has 0 aromatic carbocycles. The molecular weight excluding hydrogens is 242 g/mol. The highest BCUT2D eigenvalue weighted by molar-refractivity contribution is 7.90. The first-order valence-corrected chi connectivity index (χ1v) is 7.61. The molecule has 0 aliphatic heterocycles. The van der Waals surface area contributed by atoms with Gasteiger partial charge in [0.05, 0.1) is 5.75 Å². The molecular formula is C10H23N3O3S. The molecule has 0 aliphatic rings. The molecule has 0 spiro atoms. The van der Waals surface area contributed by atoms with E-state index in [0.29, 0.717) is 19.5 Å². The van der Waals surface area contributed by atoms with Crippen molar-refractivity contribution < 1.29 is 13.6 Å². The normalized spacial score (nSPS) is 13.9. The van der Waals surface area contributed by atoms with Gasteiger partial charge >= 0.3 is 0 Å². The van der Waals surface area contributed by atoms with Gasteiger partial charge in [-0.2, -0.15) is 0 Å². The highest BCUT2D eigenvalue weighted by Crippen LogP contribution is 2.19. The van der Waals surface area contributed by atoms with E-state index in [1.165, 1.54) is 6.26 Å². The van der Waals surface area contributed by atoms with Crippen molar-refractivity contribution >= 4 is 15.7 Å². The van der Waals surface area contributed by atoms with E-state index in [4.69, 9.17) is 10.9 Å². The Labute approximate surface area is 103 Å². The lowest BCUT2D eigenvalue weighted by atomic mass is 9.88. The third-order valence-corrected chi connectivity index (χ3v) is 3.63. The molecule has 0 radical (unpaired) electrons. The number of oxime groups is 1. The average Bonchev–Trinajstić information content (AvgIpc) is 2.20. The van der Waals surface area contributed by atoms with Crippen LogP contribution in [-0.2, 0) is 9.84 Å². The molecule has 0 atom stereocenters. The summed E-state index contributed by atoms with van der Waals surface area (Å²) in [6, 6.07) is 0. The van der Waals surface area contributed by atoms with Gasteiger partial charge < -0.3 is 16.3 Å². The summed E-state index contributed by atoms with van der Waals surface area (Å²) in [5.74, 6) is 0.402. The molecule has 7 heteroatoms. The van der Waals surface area contributed by atoms with Crippen LogP contribution in [0.3, 0.4) is 0 Å². The van der Waals surface area contributed by atoms with Crippen molar-refractivity contribution in [3.8, 4) is 0 Å². The van der Waals surface area contributed by atoms with Crippen LogP contribution in [0.15, 0.2) is 5.16 Å². The lowest BCUT2D eigenvalue weighted by molar-refractivity contribution is 0.305. The van der Waals surface area contributed by atoms with Crippen LogP contribution in [0.2, 0.25) is 0 Å². The first-order valence-electron chi connectivity index (χ1n) is 5.55. The van der Waals surface area contributed by atoms with Gasteiger partial charge in [-0.1, -0.05) is 19.0 Å². The number of nitrogens with two attached hydrogens (primary N) is 1. The number of hydrogen-bond donors (Lipinski definition) is 3. The minimum atomic E-state index is -2.87. The summed E-state index contributed by atoms with van der Waals surface area (Å²) in [5.41, 5.74) is 5.18. The van der Waals surface area contributed by atoms with Gasteiger partial charge in [-0.05, 0) is 25.9 Å². The van der Waals surface area contributed by atoms with Crippen LogP contribution in [0.1, 0.15) is 26.7 Å². The molecule has 0 amide bonds. The number of nitrogens with one attached hydrogen (secondary N) is 1. The smallest absolute Gasteiger partial charge is 0.147 e. The van der Waals surface area contributed by atoms with E-state index in [9.17, 15) is 8.42 Å². The Balaban J connectivity index is 3.72. The fourth-order valence-electron chi connectivity index (χ4n) is 1.25. The molecule has 17 heavy (non-hydrogen) atoms. The monoisotopic (exact) mass is 265 g/mol. The standard InChI is InChI=1S/C10H23N3O3S/c1-10(2,9(11)13-14)5-7-12-6-4-8-17(3,15)16/h12,14H,4-8H2,1-3H3,(H2,11,13). The molecule has 0 unspecified atom stereocenters. The van der Waals surface area contributed by atoms with E-state index in [1.807, 2.05) is 13.8 Å². The van der Waals surface area contributed by atoms with Crippen molar-refractivity contribution in [2.75, 3.05) is 25.1 Å². The van der Waals surface area contributed by atoms with Crippen molar-refractivity contribution in [1.29, 1.82) is 0 Å². The molecule has 0 aromatic rings. The maximum absolute atomic E-state index is 10.9. The summed E-state index contributed by atoms with van der Waals surface area (Å²) < 4.78 is 21.7. The van der Waals surface area contributed by atoms with Crippen LogP contribution in [0.4, 0.5) is 0 Å². The number of amidine groups is 1. The minimum absolute atomic E-state index is 0.198. The Hall–Kier alpha value is -0.820. The van der Waals surface area contributed by atoms with E-state index in [0.717, 1.165) is 6.42 Å². The number of sulfone groups is 1. The van der Waals surface area contributed by atoms with Gasteiger partial charge in [0.15, 0.2) is 0 Å². The molecule has 0 saturated carbocycles. The van der Waals surface area contributed by atoms with E-state index in [1.54, 1.807) is 0 Å². The molecule has 0 heterocycles. The quantitative estimate of drug-likeness (QED) is 0.191. The predicted octanol–water partition coefficient (Wildman–Crippen LogP) is 0.173. The van der Waals surface area contributed by atoms with Crippen LogP contribution in [0.5, 0.6) is 0 Å². The van der Waals surface area contributed by atoms with Gasteiger partial charge in [0.2, 0.25) is 0 Å². The Morgan fingerprint density at radius 3 is 2.47 bits per heavy atom. The molecule has 0 aromatic heterocycles. The van der Waals surface area contributed by atoms with E-state index < -0.39 is 9.84 Å². The highest BCUT2D eigenvalue weighted by atomic mass is 32.2. The second kappa shape index (κ2) is 6.80. The van der Waals surface area contributed by atoms with Crippen molar-refractivity contribution in [2.45, 2.75) is 26.7 Å². The third kappa shape index (κ3) is 7.98. The maximum Gasteiger partial charge on any atom is 0.147 e. The van der Waals surface area contributed by atoms with Gasteiger partial charge in [0.25, 0.3) is 0 Å². The van der Waals surface area contributed by atoms with E-state index in [2.05, 4.69) is 10.5 Å². The maximum atomic E-state index is 10.9. The molecule has 0 saturated heterocycles. The topological polar surface area (TPSA) is 105 Å². The Morgan fingerprint density at radius 1 is 1.41 bits per heavy atom. The minimum Gasteiger partial charge on any atom is -0.409 e. The summed E-state index contributed by atoms with van der Waals surface area (Å²) in [4.78, 5) is 0. The van der Waals surface area contributed by atoms with E-state index >= 15 is 0 Å². The molecule has 4 N–H and O–H groups in total. The van der Waals surface area contributed by atoms with Crippen LogP contribution < -0.4 is 11.1 Å². The van der Waals surface area contributed by atoms with Crippen molar-refractivity contribution in [1.82, 2.24) is 5.32 Å². The molecule has 0 aliphatic carbocycles. The van der Waals surface area contributed by atoms with Gasteiger partial charge in [-0.25, -0.2) is 8.42 Å². The first-order chi connectivity index (χ1) is 7.69. The van der Waals surface area contributed by atoms with Crippen molar-refractivity contribution in [2.24, 2.45) is 16.3 Å². The average molecular weight is 265 g/mol. The highest BCUT2D eigenvalue weighted by Gasteiger charge is 2.22. The molecule has 0 bridgehead atoms. The lowest BCUT2D eigenvalue weighted by Gasteiger charge is -2.22. The fraction of sp³-hybridized carbons (Fsp3) is 0.900. The van der Waals surface area contributed by atoms with Crippen LogP contribution in [0, 0.1) is 5.41 Å². The Kier molecular flexibility index (Phi) is 6.48. The molecule has 0 fully saturated rings. The Morgan fingerprint density at radius 2 is 2.00 bits per heavy atom. The third-order valence-electron chi connectivity index (χ3n) is 2.60. The van der Waals surface area contributed by atoms with Gasteiger partial charge in [-0.15, -0.1) is 0 Å². The summed E-state index contributed by atoms with van der Waals surface area (Å²) in [6.07, 6.45) is 2.55. The van der Waals surface area contributed by atoms with Gasteiger partial charge in [0.1, 0.15) is 15.7 Å². The van der Waals surface area contributed by atoms with Crippen LogP contribution in [0.25, 0.3) is 0 Å². The second-order valence-corrected chi connectivity index (χ2v) is 7.11. The second-order valence-electron chi connectivity index (χ2n) is 4.85. The summed E-state index contributed by atoms with van der Waals surface area (Å²) in [7, 11) is -2.87. The fourth-order valence-corrected chi connectivity index (χ4v) is 1.92. The van der Waals surface area contributed by atoms with Crippen LogP contribution >= 0.6 is 0 Å². The number of hydrogen-bond acceptors (Lipinski definition) is 5. The van der Waals surface area contributed by atoms with Crippen molar-refractivity contribution in [3.05, 3.63) is 0 Å². The zero-order valence-electron chi connectivity index (χ0n) is 10.7. The zero-order valence-corrected chi connectivity index (χ0v) is 11.5. The molecule has 0 rings (SSSR count). The summed E-state index contributed by atoms with van der Waals surface area (Å²) in [6.45, 7) is 5.13. The van der Waals surface area contributed by atoms with Gasteiger partial charge in [-0.3, -0.25) is 0 Å². The number of rotatable bonds is 8. The van der Waals surface area contributed by atoms with Gasteiger partial charge in [0, 0.05) is 11.7 Å². The van der Waals surface area contributed by atoms with Crippen LogP contribution in [-0.4, -0.2) is 44.6 Å². The molecule has 102 valence electrons. The summed E-state index contributed by atoms with van der Waals surface area (Å²) in [5, 5.41) is 14.7. The van der Waals surface area contributed by atoms with Crippen molar-refractivity contribution in [3.63, 3.8) is 0 Å². The SMILES string of the molecule is CC(C)(CCNCCCS(C)(=O)=O)C(N)=NO. The van der Waals surface area contributed by atoms with E-state index in [-0.39, 0.29) is 17.0 Å². The summed E-state index contributed by atoms with van der Waals surface area (Å²) >= 11 is 0. The number of nitrogens with zero attached hydrogens (tertiary/aromatic N) is 1. The first kappa shape index (κ1) is 16.2. The zero-order chi connectivity index (χ0) is 13.5. The Bertz CT molecular complexity index is 350. The molecule has 6 nitrogen and oxygen atoms in total. The predicted molar refractivity (Wildman–Crippen MR) is 69.0 cm³/mol.